The van der Waals surface area contributed by atoms with Gasteiger partial charge in [0.15, 0.2) is 6.10 Å². The number of nitrogens with zero attached hydrogens (tertiary/aromatic N) is 1. The highest BCUT2D eigenvalue weighted by Gasteiger charge is 2.18. The number of hydrogen-bond donors (Lipinski definition) is 1. The molecular formula is C17H17ClN2O4. The predicted octanol–water partition coefficient (Wildman–Crippen LogP) is 2.86. The Morgan fingerprint density at radius 2 is 1.92 bits per heavy atom. The van der Waals surface area contributed by atoms with Crippen molar-refractivity contribution in [1.29, 1.82) is 0 Å². The lowest BCUT2D eigenvalue weighted by atomic mass is 10.1. The molecule has 7 heteroatoms. The number of pyridine rings is 1. The summed E-state index contributed by atoms with van der Waals surface area (Å²) in [4.78, 5) is 27.9. The SMILES string of the molecule is COc1ccc(CC(=O)O[C@@H](C)C(=O)Nc2ccc(Cl)cn2)cc1. The van der Waals surface area contributed by atoms with Crippen molar-refractivity contribution in [1.82, 2.24) is 4.98 Å². The molecule has 6 nitrogen and oxygen atoms in total. The number of anilines is 1. The minimum absolute atomic E-state index is 0.0702. The molecule has 0 fully saturated rings. The number of amides is 1. The lowest BCUT2D eigenvalue weighted by Crippen LogP contribution is -2.30. The summed E-state index contributed by atoms with van der Waals surface area (Å²) in [6, 6.07) is 10.2. The Bertz CT molecular complexity index is 702. The van der Waals surface area contributed by atoms with E-state index in [1.165, 1.54) is 13.1 Å². The van der Waals surface area contributed by atoms with Gasteiger partial charge in [-0.15, -0.1) is 0 Å². The fourth-order valence-corrected chi connectivity index (χ4v) is 1.99. The van der Waals surface area contributed by atoms with Gasteiger partial charge < -0.3 is 14.8 Å². The number of methoxy groups -OCH3 is 1. The van der Waals surface area contributed by atoms with Crippen molar-refractivity contribution in [2.24, 2.45) is 0 Å². The Balaban J connectivity index is 1.85. The van der Waals surface area contributed by atoms with Crippen LogP contribution in [0.2, 0.25) is 5.02 Å². The monoisotopic (exact) mass is 348 g/mol. The fourth-order valence-electron chi connectivity index (χ4n) is 1.88. The van der Waals surface area contributed by atoms with Gasteiger partial charge in [-0.05, 0) is 36.8 Å². The summed E-state index contributed by atoms with van der Waals surface area (Å²) in [7, 11) is 1.57. The maximum Gasteiger partial charge on any atom is 0.311 e. The Morgan fingerprint density at radius 3 is 2.50 bits per heavy atom. The summed E-state index contributed by atoms with van der Waals surface area (Å²) in [5.74, 6) is 0.0811. The Morgan fingerprint density at radius 1 is 1.21 bits per heavy atom. The van der Waals surface area contributed by atoms with Gasteiger partial charge in [-0.1, -0.05) is 23.7 Å². The Hall–Kier alpha value is -2.60. The highest BCUT2D eigenvalue weighted by molar-refractivity contribution is 6.30. The zero-order chi connectivity index (χ0) is 17.5. The quantitative estimate of drug-likeness (QED) is 0.812. The summed E-state index contributed by atoms with van der Waals surface area (Å²) in [5, 5.41) is 3.02. The van der Waals surface area contributed by atoms with Crippen molar-refractivity contribution in [2.75, 3.05) is 12.4 Å². The van der Waals surface area contributed by atoms with Crippen LogP contribution in [0, 0.1) is 0 Å². The molecule has 0 aliphatic rings. The smallest absolute Gasteiger partial charge is 0.311 e. The molecule has 0 aliphatic heterocycles. The molecule has 0 saturated heterocycles. The van der Waals surface area contributed by atoms with Gasteiger partial charge in [0.25, 0.3) is 5.91 Å². The number of aromatic nitrogens is 1. The third-order valence-corrected chi connectivity index (χ3v) is 3.39. The van der Waals surface area contributed by atoms with Gasteiger partial charge >= 0.3 is 5.97 Å². The highest BCUT2D eigenvalue weighted by atomic mass is 35.5. The summed E-state index contributed by atoms with van der Waals surface area (Å²) >= 11 is 5.72. The molecule has 0 spiro atoms. The van der Waals surface area contributed by atoms with Crippen molar-refractivity contribution >= 4 is 29.3 Å². The summed E-state index contributed by atoms with van der Waals surface area (Å²) in [6.07, 6.45) is 0.548. The zero-order valence-electron chi connectivity index (χ0n) is 13.3. The number of esters is 1. The maximum atomic E-state index is 12.0. The molecular weight excluding hydrogens is 332 g/mol. The third-order valence-electron chi connectivity index (χ3n) is 3.16. The normalized spacial score (nSPS) is 11.5. The van der Waals surface area contributed by atoms with E-state index >= 15 is 0 Å². The second-order valence-corrected chi connectivity index (χ2v) is 5.44. The minimum atomic E-state index is -0.937. The van der Waals surface area contributed by atoms with Crippen LogP contribution in [0.5, 0.6) is 5.75 Å². The topological polar surface area (TPSA) is 77.5 Å². The molecule has 1 N–H and O–H groups in total. The average Bonchev–Trinajstić information content (AvgIpc) is 2.57. The number of ether oxygens (including phenoxy) is 2. The van der Waals surface area contributed by atoms with Gasteiger partial charge in [-0.2, -0.15) is 0 Å². The van der Waals surface area contributed by atoms with Crippen LogP contribution < -0.4 is 10.1 Å². The summed E-state index contributed by atoms with van der Waals surface area (Å²) in [5.41, 5.74) is 0.771. The van der Waals surface area contributed by atoms with Crippen LogP contribution in [0.4, 0.5) is 5.82 Å². The van der Waals surface area contributed by atoms with E-state index in [0.717, 1.165) is 5.56 Å². The van der Waals surface area contributed by atoms with Gasteiger partial charge in [0.05, 0.1) is 18.6 Å². The minimum Gasteiger partial charge on any atom is -0.497 e. The Kier molecular flexibility index (Phi) is 6.14. The van der Waals surface area contributed by atoms with Gasteiger partial charge in [-0.25, -0.2) is 4.98 Å². The van der Waals surface area contributed by atoms with E-state index in [0.29, 0.717) is 16.6 Å². The first-order chi connectivity index (χ1) is 11.5. The maximum absolute atomic E-state index is 12.0. The van der Waals surface area contributed by atoms with Crippen molar-refractivity contribution in [2.45, 2.75) is 19.4 Å². The highest BCUT2D eigenvalue weighted by Crippen LogP contribution is 2.13. The number of rotatable bonds is 6. The van der Waals surface area contributed by atoms with Gasteiger partial charge in [0, 0.05) is 6.20 Å². The molecule has 2 rings (SSSR count). The molecule has 1 heterocycles. The summed E-state index contributed by atoms with van der Waals surface area (Å²) < 4.78 is 10.2. The van der Waals surface area contributed by atoms with Crippen LogP contribution in [0.1, 0.15) is 12.5 Å². The second kappa shape index (κ2) is 8.31. The molecule has 24 heavy (non-hydrogen) atoms. The molecule has 1 amide bonds. The molecule has 1 aromatic heterocycles. The van der Waals surface area contributed by atoms with Crippen LogP contribution in [-0.2, 0) is 20.7 Å². The van der Waals surface area contributed by atoms with Gasteiger partial charge in [0.2, 0.25) is 0 Å². The number of hydrogen-bond acceptors (Lipinski definition) is 5. The fraction of sp³-hybridized carbons (Fsp3) is 0.235. The molecule has 126 valence electrons. The first-order valence-corrected chi connectivity index (χ1v) is 7.60. The van der Waals surface area contributed by atoms with E-state index < -0.39 is 18.0 Å². The van der Waals surface area contributed by atoms with Crippen LogP contribution in [-0.4, -0.2) is 30.1 Å². The van der Waals surface area contributed by atoms with Crippen molar-refractivity contribution in [3.63, 3.8) is 0 Å². The molecule has 0 bridgehead atoms. The molecule has 2 aromatic rings. The molecule has 1 atom stereocenters. The van der Waals surface area contributed by atoms with Gasteiger partial charge in [0.1, 0.15) is 11.6 Å². The first-order valence-electron chi connectivity index (χ1n) is 7.23. The van der Waals surface area contributed by atoms with E-state index in [1.54, 1.807) is 43.5 Å². The molecule has 0 aliphatic carbocycles. The number of carbonyl (C=O) groups excluding carboxylic acids is 2. The average molecular weight is 349 g/mol. The van der Waals surface area contributed by atoms with E-state index in [-0.39, 0.29) is 6.42 Å². The predicted molar refractivity (Wildman–Crippen MR) is 90.1 cm³/mol. The van der Waals surface area contributed by atoms with Crippen LogP contribution in [0.15, 0.2) is 42.6 Å². The zero-order valence-corrected chi connectivity index (χ0v) is 14.0. The lowest BCUT2D eigenvalue weighted by Gasteiger charge is -2.13. The van der Waals surface area contributed by atoms with E-state index in [1.807, 2.05) is 0 Å². The summed E-state index contributed by atoms with van der Waals surface area (Å²) in [6.45, 7) is 1.50. The molecule has 0 saturated carbocycles. The van der Waals surface area contributed by atoms with Crippen LogP contribution in [0.25, 0.3) is 0 Å². The third kappa shape index (κ3) is 5.24. The van der Waals surface area contributed by atoms with Crippen LogP contribution in [0.3, 0.4) is 0 Å². The number of carbonyl (C=O) groups is 2. The first kappa shape index (κ1) is 17.7. The molecule has 1 aromatic carbocycles. The second-order valence-electron chi connectivity index (χ2n) is 5.01. The van der Waals surface area contributed by atoms with Crippen LogP contribution >= 0.6 is 11.6 Å². The number of nitrogens with one attached hydrogen (secondary N) is 1. The van der Waals surface area contributed by atoms with Gasteiger partial charge in [-0.3, -0.25) is 9.59 Å². The standard InChI is InChI=1S/C17H17ClN2O4/c1-11(17(22)20-15-8-5-13(18)10-19-15)24-16(21)9-12-3-6-14(23-2)7-4-12/h3-8,10-11H,9H2,1-2H3,(H,19,20,22)/t11-/m0/s1. The van der Waals surface area contributed by atoms with E-state index in [2.05, 4.69) is 10.3 Å². The Labute approximate surface area is 144 Å². The number of benzene rings is 1. The molecule has 0 unspecified atom stereocenters. The van der Waals surface area contributed by atoms with Crippen molar-refractivity contribution in [3.8, 4) is 5.75 Å². The molecule has 0 radical (unpaired) electrons. The number of halogens is 1. The van der Waals surface area contributed by atoms with Crippen molar-refractivity contribution in [3.05, 3.63) is 53.2 Å². The van der Waals surface area contributed by atoms with E-state index in [9.17, 15) is 9.59 Å². The lowest BCUT2D eigenvalue weighted by molar-refractivity contribution is -0.152. The largest absolute Gasteiger partial charge is 0.497 e. The van der Waals surface area contributed by atoms with E-state index in [4.69, 9.17) is 21.1 Å². The van der Waals surface area contributed by atoms with Crippen molar-refractivity contribution < 1.29 is 19.1 Å².